The zero-order valence-electron chi connectivity index (χ0n) is 14.1. The molecule has 1 amide bonds. The van der Waals surface area contributed by atoms with Gasteiger partial charge in [0.15, 0.2) is 0 Å². The molecule has 2 aromatic heterocycles. The number of carbonyl (C=O) groups is 1. The van der Waals surface area contributed by atoms with Gasteiger partial charge in [-0.3, -0.25) is 9.36 Å². The van der Waals surface area contributed by atoms with Gasteiger partial charge in [-0.05, 0) is 31.0 Å². The lowest BCUT2D eigenvalue weighted by Gasteiger charge is -2.05. The maximum atomic E-state index is 12.4. The van der Waals surface area contributed by atoms with Gasteiger partial charge in [-0.2, -0.15) is 0 Å². The van der Waals surface area contributed by atoms with Crippen LogP contribution in [0.5, 0.6) is 0 Å². The first-order chi connectivity index (χ1) is 12.0. The van der Waals surface area contributed by atoms with Crippen molar-refractivity contribution in [3.8, 4) is 0 Å². The van der Waals surface area contributed by atoms with Gasteiger partial charge in [0.25, 0.3) is 5.91 Å². The highest BCUT2D eigenvalue weighted by Gasteiger charge is 2.21. The summed E-state index contributed by atoms with van der Waals surface area (Å²) in [5.74, 6) is 0.486. The first-order valence-electron chi connectivity index (χ1n) is 8.18. The molecule has 3 heterocycles. The molecule has 4 rings (SSSR count). The monoisotopic (exact) mass is 341 g/mol. The molecule has 1 aromatic carbocycles. The third-order valence-corrected chi connectivity index (χ3v) is 4.49. The molecule has 0 spiro atoms. The second kappa shape index (κ2) is 5.89. The Bertz CT molecular complexity index is 1010. The number of carbonyl (C=O) groups excluding carboxylic acids is 1. The predicted octanol–water partition coefficient (Wildman–Crippen LogP) is 1.70. The summed E-state index contributed by atoms with van der Waals surface area (Å²) in [5, 5.41) is 2.82. The molecule has 1 fully saturated rings. The summed E-state index contributed by atoms with van der Waals surface area (Å²) in [6, 6.07) is 5.48. The fraction of sp³-hybridized carbons (Fsp3) is 0.353. The van der Waals surface area contributed by atoms with Gasteiger partial charge < -0.3 is 19.6 Å². The van der Waals surface area contributed by atoms with Crippen molar-refractivity contribution in [2.75, 3.05) is 11.9 Å². The number of fused-ring (bicyclic) bond motifs is 1. The van der Waals surface area contributed by atoms with Gasteiger partial charge in [0.1, 0.15) is 17.6 Å². The van der Waals surface area contributed by atoms with E-state index in [1.165, 1.54) is 15.3 Å². The molecule has 130 valence electrons. The highest BCUT2D eigenvalue weighted by atomic mass is 16.5. The van der Waals surface area contributed by atoms with Crippen molar-refractivity contribution in [1.82, 2.24) is 19.1 Å². The van der Waals surface area contributed by atoms with Gasteiger partial charge in [-0.15, -0.1) is 0 Å². The number of aromatic amines is 1. The third kappa shape index (κ3) is 2.74. The van der Waals surface area contributed by atoms with Crippen LogP contribution in [0.15, 0.2) is 29.2 Å². The minimum absolute atomic E-state index is 0.0179. The summed E-state index contributed by atoms with van der Waals surface area (Å²) >= 11 is 0. The standard InChI is InChI=1S/C17H19N5O3/c1-21-9-13(22(2)17(21)24)16(23)18-10-5-6-11-12(8-10)20-15(19-11)14-4-3-7-25-14/h5-6,8-9,14H,3-4,7H2,1-2H3,(H,18,23)(H,19,20). The van der Waals surface area contributed by atoms with E-state index in [0.717, 1.165) is 36.3 Å². The van der Waals surface area contributed by atoms with Crippen LogP contribution < -0.4 is 11.0 Å². The van der Waals surface area contributed by atoms with Crippen molar-refractivity contribution in [2.45, 2.75) is 18.9 Å². The Morgan fingerprint density at radius 3 is 2.92 bits per heavy atom. The van der Waals surface area contributed by atoms with Crippen LogP contribution in [0, 0.1) is 0 Å². The number of nitrogens with one attached hydrogen (secondary N) is 2. The van der Waals surface area contributed by atoms with E-state index in [1.54, 1.807) is 20.2 Å². The number of amides is 1. The van der Waals surface area contributed by atoms with Crippen LogP contribution >= 0.6 is 0 Å². The van der Waals surface area contributed by atoms with Crippen molar-refractivity contribution >= 4 is 22.6 Å². The number of rotatable bonds is 3. The summed E-state index contributed by atoms with van der Waals surface area (Å²) in [4.78, 5) is 32.0. The average Bonchev–Trinajstić information content (AvgIpc) is 3.30. The van der Waals surface area contributed by atoms with Crippen molar-refractivity contribution in [2.24, 2.45) is 14.1 Å². The largest absolute Gasteiger partial charge is 0.370 e. The number of H-pyrrole nitrogens is 1. The summed E-state index contributed by atoms with van der Waals surface area (Å²) < 4.78 is 8.34. The van der Waals surface area contributed by atoms with E-state index < -0.39 is 0 Å². The second-order valence-electron chi connectivity index (χ2n) is 6.28. The molecule has 0 aliphatic carbocycles. The molecule has 1 unspecified atom stereocenters. The minimum atomic E-state index is -0.335. The molecular weight excluding hydrogens is 322 g/mol. The lowest BCUT2D eigenvalue weighted by molar-refractivity contribution is 0.101. The Labute approximate surface area is 143 Å². The van der Waals surface area contributed by atoms with E-state index in [-0.39, 0.29) is 17.7 Å². The second-order valence-corrected chi connectivity index (χ2v) is 6.28. The van der Waals surface area contributed by atoms with Crippen LogP contribution in [0.2, 0.25) is 0 Å². The number of aryl methyl sites for hydroxylation is 1. The zero-order valence-corrected chi connectivity index (χ0v) is 14.1. The molecule has 0 radical (unpaired) electrons. The van der Waals surface area contributed by atoms with Crippen LogP contribution in [0.3, 0.4) is 0 Å². The number of nitrogens with zero attached hydrogens (tertiary/aromatic N) is 3. The molecule has 1 atom stereocenters. The smallest absolute Gasteiger partial charge is 0.328 e. The van der Waals surface area contributed by atoms with Gasteiger partial charge in [-0.25, -0.2) is 9.78 Å². The quantitative estimate of drug-likeness (QED) is 0.758. The SMILES string of the molecule is Cn1cc(C(=O)Nc2ccc3nc(C4CCCO4)[nH]c3c2)n(C)c1=O. The van der Waals surface area contributed by atoms with Gasteiger partial charge in [-0.1, -0.05) is 0 Å². The summed E-state index contributed by atoms with van der Waals surface area (Å²) in [7, 11) is 3.19. The van der Waals surface area contributed by atoms with Gasteiger partial charge >= 0.3 is 5.69 Å². The van der Waals surface area contributed by atoms with Gasteiger partial charge in [0, 0.05) is 32.6 Å². The summed E-state index contributed by atoms with van der Waals surface area (Å²) in [6.07, 6.45) is 3.54. The van der Waals surface area contributed by atoms with Crippen molar-refractivity contribution in [3.63, 3.8) is 0 Å². The van der Waals surface area contributed by atoms with Crippen molar-refractivity contribution in [3.05, 3.63) is 46.4 Å². The van der Waals surface area contributed by atoms with E-state index in [2.05, 4.69) is 15.3 Å². The van der Waals surface area contributed by atoms with E-state index in [9.17, 15) is 9.59 Å². The molecule has 1 saturated heterocycles. The molecule has 25 heavy (non-hydrogen) atoms. The molecule has 0 saturated carbocycles. The highest BCUT2D eigenvalue weighted by Crippen LogP contribution is 2.28. The number of imidazole rings is 2. The van der Waals surface area contributed by atoms with E-state index in [0.29, 0.717) is 11.4 Å². The number of anilines is 1. The number of hydrogen-bond donors (Lipinski definition) is 2. The average molecular weight is 341 g/mol. The Balaban J connectivity index is 1.59. The predicted molar refractivity (Wildman–Crippen MR) is 92.6 cm³/mol. The Kier molecular flexibility index (Phi) is 3.69. The van der Waals surface area contributed by atoms with Crippen LogP contribution in [-0.4, -0.2) is 31.6 Å². The van der Waals surface area contributed by atoms with Gasteiger partial charge in [0.05, 0.1) is 11.0 Å². The van der Waals surface area contributed by atoms with E-state index in [4.69, 9.17) is 4.74 Å². The molecule has 1 aliphatic rings. The molecule has 3 aromatic rings. The number of benzene rings is 1. The Morgan fingerprint density at radius 2 is 2.24 bits per heavy atom. The maximum absolute atomic E-state index is 12.4. The fourth-order valence-corrected chi connectivity index (χ4v) is 3.12. The van der Waals surface area contributed by atoms with Crippen LogP contribution in [0.25, 0.3) is 11.0 Å². The maximum Gasteiger partial charge on any atom is 0.328 e. The molecule has 0 bridgehead atoms. The van der Waals surface area contributed by atoms with Crippen molar-refractivity contribution < 1.29 is 9.53 Å². The number of hydrogen-bond acceptors (Lipinski definition) is 4. The van der Waals surface area contributed by atoms with Crippen LogP contribution in [0.1, 0.15) is 35.3 Å². The third-order valence-electron chi connectivity index (χ3n) is 4.49. The van der Waals surface area contributed by atoms with Gasteiger partial charge in [0.2, 0.25) is 0 Å². The Hall–Kier alpha value is -2.87. The fourth-order valence-electron chi connectivity index (χ4n) is 3.12. The normalized spacial score (nSPS) is 17.3. The summed E-state index contributed by atoms with van der Waals surface area (Å²) in [5.41, 5.74) is 2.37. The highest BCUT2D eigenvalue weighted by molar-refractivity contribution is 6.03. The molecular formula is C17H19N5O3. The van der Waals surface area contributed by atoms with E-state index >= 15 is 0 Å². The number of aromatic nitrogens is 4. The zero-order chi connectivity index (χ0) is 17.6. The first kappa shape index (κ1) is 15.6. The lowest BCUT2D eigenvalue weighted by Crippen LogP contribution is -2.23. The van der Waals surface area contributed by atoms with Crippen LogP contribution in [-0.2, 0) is 18.8 Å². The molecule has 2 N–H and O–H groups in total. The molecule has 8 nitrogen and oxygen atoms in total. The van der Waals surface area contributed by atoms with Crippen LogP contribution in [0.4, 0.5) is 5.69 Å². The first-order valence-corrected chi connectivity index (χ1v) is 8.18. The van der Waals surface area contributed by atoms with Crippen molar-refractivity contribution in [1.29, 1.82) is 0 Å². The molecule has 8 heteroatoms. The minimum Gasteiger partial charge on any atom is -0.370 e. The lowest BCUT2D eigenvalue weighted by atomic mass is 10.2. The molecule has 1 aliphatic heterocycles. The summed E-state index contributed by atoms with van der Waals surface area (Å²) in [6.45, 7) is 0.763. The topological polar surface area (TPSA) is 93.9 Å². The van der Waals surface area contributed by atoms with E-state index in [1.807, 2.05) is 12.1 Å². The Morgan fingerprint density at radius 1 is 1.40 bits per heavy atom. The number of ether oxygens (including phenoxy) is 1.